The maximum absolute atomic E-state index is 3.64. The Kier molecular flexibility index (Phi) is 4.30. The van der Waals surface area contributed by atoms with E-state index in [0.717, 1.165) is 0 Å². The first-order chi connectivity index (χ1) is 10.2. The van der Waals surface area contributed by atoms with Crippen LogP contribution in [0.4, 0.5) is 0 Å². The van der Waals surface area contributed by atoms with E-state index in [2.05, 4.69) is 78.3 Å². The minimum absolute atomic E-state index is 0.417. The van der Waals surface area contributed by atoms with Crippen molar-refractivity contribution >= 4 is 22.0 Å². The second-order valence-electron chi connectivity index (χ2n) is 5.81. The van der Waals surface area contributed by atoms with Gasteiger partial charge in [0.05, 0.1) is 0 Å². The first-order valence-corrected chi connectivity index (χ1v) is 8.56. The largest absolute Gasteiger partial charge is 0.0720 e. The molecule has 0 amide bonds. The highest BCUT2D eigenvalue weighted by Gasteiger charge is 2.22. The van der Waals surface area contributed by atoms with Crippen LogP contribution in [0.5, 0.6) is 0 Å². The van der Waals surface area contributed by atoms with Crippen molar-refractivity contribution in [2.45, 2.75) is 39.0 Å². The zero-order valence-corrected chi connectivity index (χ0v) is 14.3. The summed E-state index contributed by atoms with van der Waals surface area (Å²) in [6.07, 6.45) is 8.34. The highest BCUT2D eigenvalue weighted by atomic mass is 79.9. The molecule has 108 valence electrons. The van der Waals surface area contributed by atoms with Crippen LogP contribution in [0.3, 0.4) is 0 Å². The average Bonchev–Trinajstić information content (AvgIpc) is 2.93. The number of unbranched alkanes of at least 4 members (excludes halogenated alkanes) is 1. The van der Waals surface area contributed by atoms with Gasteiger partial charge in [0.15, 0.2) is 0 Å². The monoisotopic (exact) mass is 340 g/mol. The van der Waals surface area contributed by atoms with Crippen molar-refractivity contribution < 1.29 is 0 Å². The molecule has 0 N–H and O–H groups in total. The lowest BCUT2D eigenvalue weighted by Crippen LogP contribution is -2.02. The fourth-order valence-electron chi connectivity index (χ4n) is 3.22. The molecule has 0 fully saturated rings. The summed E-state index contributed by atoms with van der Waals surface area (Å²) in [6, 6.07) is 13.4. The van der Waals surface area contributed by atoms with Gasteiger partial charge >= 0.3 is 0 Å². The first-order valence-electron chi connectivity index (χ1n) is 7.77. The minimum atomic E-state index is 0.417. The third kappa shape index (κ3) is 2.72. The Labute approximate surface area is 136 Å². The summed E-state index contributed by atoms with van der Waals surface area (Å²) in [4.78, 5) is 0. The topological polar surface area (TPSA) is 0 Å². The smallest absolute Gasteiger partial charge is 0.0281 e. The second-order valence-corrected chi connectivity index (χ2v) is 6.67. The Morgan fingerprint density at radius 2 is 1.86 bits per heavy atom. The van der Waals surface area contributed by atoms with E-state index < -0.39 is 0 Å². The van der Waals surface area contributed by atoms with Gasteiger partial charge in [0.25, 0.3) is 0 Å². The predicted octanol–water partition coefficient (Wildman–Crippen LogP) is 6.26. The molecular weight excluding hydrogens is 320 g/mol. The van der Waals surface area contributed by atoms with E-state index in [1.807, 2.05) is 0 Å². The lowest BCUT2D eigenvalue weighted by Gasteiger charge is -2.17. The lowest BCUT2D eigenvalue weighted by atomic mass is 9.87. The van der Waals surface area contributed by atoms with Gasteiger partial charge in [-0.3, -0.25) is 0 Å². The summed E-state index contributed by atoms with van der Waals surface area (Å²) in [7, 11) is 0. The van der Waals surface area contributed by atoms with Crippen LogP contribution in [0.25, 0.3) is 6.08 Å². The van der Waals surface area contributed by atoms with Crippen LogP contribution < -0.4 is 0 Å². The molecule has 0 aliphatic heterocycles. The number of rotatable bonds is 4. The van der Waals surface area contributed by atoms with Gasteiger partial charge in [-0.25, -0.2) is 0 Å². The fourth-order valence-corrected chi connectivity index (χ4v) is 3.56. The van der Waals surface area contributed by atoms with Crippen molar-refractivity contribution in [3.8, 4) is 0 Å². The summed E-state index contributed by atoms with van der Waals surface area (Å²) in [5.74, 6) is 0.417. The molecule has 1 atom stereocenters. The van der Waals surface area contributed by atoms with Crippen molar-refractivity contribution in [3.63, 3.8) is 0 Å². The SMILES string of the molecule is CCCCc1ccccc1C1C=Cc2c1ccc(Br)c2C. The van der Waals surface area contributed by atoms with Gasteiger partial charge in [-0.15, -0.1) is 0 Å². The van der Waals surface area contributed by atoms with E-state index in [-0.39, 0.29) is 0 Å². The van der Waals surface area contributed by atoms with Crippen LogP contribution in [-0.4, -0.2) is 0 Å². The molecule has 0 bridgehead atoms. The van der Waals surface area contributed by atoms with E-state index in [4.69, 9.17) is 0 Å². The zero-order valence-electron chi connectivity index (χ0n) is 12.7. The summed E-state index contributed by atoms with van der Waals surface area (Å²) in [5.41, 5.74) is 7.15. The van der Waals surface area contributed by atoms with Gasteiger partial charge in [0.2, 0.25) is 0 Å². The van der Waals surface area contributed by atoms with Crippen LogP contribution in [0.1, 0.15) is 53.5 Å². The molecule has 2 aromatic carbocycles. The number of fused-ring (bicyclic) bond motifs is 1. The normalized spacial score (nSPS) is 16.2. The molecule has 1 heteroatoms. The summed E-state index contributed by atoms with van der Waals surface area (Å²) >= 11 is 3.64. The summed E-state index contributed by atoms with van der Waals surface area (Å²) < 4.78 is 1.20. The summed E-state index contributed by atoms with van der Waals surface area (Å²) in [5, 5.41) is 0. The van der Waals surface area contributed by atoms with Gasteiger partial charge in [-0.1, -0.05) is 71.8 Å². The zero-order chi connectivity index (χ0) is 14.8. The number of allylic oxidation sites excluding steroid dienone is 1. The Bertz CT molecular complexity index is 682. The quantitative estimate of drug-likeness (QED) is 0.616. The van der Waals surface area contributed by atoms with Crippen molar-refractivity contribution in [1.82, 2.24) is 0 Å². The van der Waals surface area contributed by atoms with Gasteiger partial charge in [0, 0.05) is 10.4 Å². The van der Waals surface area contributed by atoms with Crippen LogP contribution >= 0.6 is 15.9 Å². The van der Waals surface area contributed by atoms with Crippen LogP contribution in [0.15, 0.2) is 46.9 Å². The molecular formula is C20H21Br. The average molecular weight is 341 g/mol. The molecule has 1 aliphatic carbocycles. The Morgan fingerprint density at radius 1 is 1.05 bits per heavy atom. The third-order valence-electron chi connectivity index (χ3n) is 4.46. The molecule has 0 saturated heterocycles. The molecule has 21 heavy (non-hydrogen) atoms. The Balaban J connectivity index is 2.02. The molecule has 0 spiro atoms. The Morgan fingerprint density at radius 3 is 2.67 bits per heavy atom. The van der Waals surface area contributed by atoms with E-state index in [0.29, 0.717) is 5.92 Å². The van der Waals surface area contributed by atoms with Crippen molar-refractivity contribution in [2.24, 2.45) is 0 Å². The summed E-state index contributed by atoms with van der Waals surface area (Å²) in [6.45, 7) is 4.45. The van der Waals surface area contributed by atoms with Crippen molar-refractivity contribution in [2.75, 3.05) is 0 Å². The van der Waals surface area contributed by atoms with E-state index in [1.54, 1.807) is 0 Å². The second kappa shape index (κ2) is 6.19. The Hall–Kier alpha value is -1.34. The fraction of sp³-hybridized carbons (Fsp3) is 0.300. The first kappa shape index (κ1) is 14.6. The van der Waals surface area contributed by atoms with Crippen LogP contribution in [0.2, 0.25) is 0 Å². The molecule has 0 saturated carbocycles. The highest BCUT2D eigenvalue weighted by molar-refractivity contribution is 9.10. The molecule has 0 heterocycles. The molecule has 3 rings (SSSR count). The standard InChI is InChI=1S/C20H21Br/c1-3-4-7-15-8-5-6-9-17(15)19-11-10-16-14(2)20(21)13-12-18(16)19/h5-6,8-13,19H,3-4,7H2,1-2H3. The molecule has 1 unspecified atom stereocenters. The van der Waals surface area contributed by atoms with E-state index >= 15 is 0 Å². The van der Waals surface area contributed by atoms with Gasteiger partial charge in [-0.2, -0.15) is 0 Å². The number of hydrogen-bond donors (Lipinski definition) is 0. The number of halogens is 1. The lowest BCUT2D eigenvalue weighted by molar-refractivity contribution is 0.784. The van der Waals surface area contributed by atoms with Gasteiger partial charge in [-0.05, 0) is 53.6 Å². The molecule has 0 nitrogen and oxygen atoms in total. The maximum atomic E-state index is 3.64. The number of hydrogen-bond acceptors (Lipinski definition) is 0. The molecule has 1 aliphatic rings. The molecule has 0 aromatic heterocycles. The molecule has 0 radical (unpaired) electrons. The minimum Gasteiger partial charge on any atom is -0.0720 e. The van der Waals surface area contributed by atoms with Gasteiger partial charge in [0.1, 0.15) is 0 Å². The number of benzene rings is 2. The van der Waals surface area contributed by atoms with E-state index in [9.17, 15) is 0 Å². The van der Waals surface area contributed by atoms with E-state index in [1.165, 1.54) is 51.6 Å². The van der Waals surface area contributed by atoms with Gasteiger partial charge < -0.3 is 0 Å². The number of aryl methyl sites for hydroxylation is 1. The van der Waals surface area contributed by atoms with Crippen molar-refractivity contribution in [1.29, 1.82) is 0 Å². The third-order valence-corrected chi connectivity index (χ3v) is 5.32. The predicted molar refractivity (Wildman–Crippen MR) is 94.8 cm³/mol. The molecule has 2 aromatic rings. The maximum Gasteiger partial charge on any atom is 0.0281 e. The highest BCUT2D eigenvalue weighted by Crippen LogP contribution is 2.40. The van der Waals surface area contributed by atoms with Crippen LogP contribution in [-0.2, 0) is 6.42 Å². The van der Waals surface area contributed by atoms with Crippen LogP contribution in [0, 0.1) is 6.92 Å². The van der Waals surface area contributed by atoms with Crippen molar-refractivity contribution in [3.05, 3.63) is 74.8 Å².